The summed E-state index contributed by atoms with van der Waals surface area (Å²) in [6.07, 6.45) is 3.13. The fourth-order valence-corrected chi connectivity index (χ4v) is 1.16. The van der Waals surface area contributed by atoms with Crippen molar-refractivity contribution in [3.05, 3.63) is 12.4 Å². The van der Waals surface area contributed by atoms with Crippen molar-refractivity contribution in [2.45, 2.75) is 0 Å². The van der Waals surface area contributed by atoms with E-state index in [-0.39, 0.29) is 0 Å². The summed E-state index contributed by atoms with van der Waals surface area (Å²) in [5.74, 6) is 0.432. The third-order valence-electron chi connectivity index (χ3n) is 1.17. The zero-order chi connectivity index (χ0) is 8.39. The number of rotatable bonds is 2. The summed E-state index contributed by atoms with van der Waals surface area (Å²) in [5, 5.41) is 8.23. The molecule has 0 aliphatic rings. The SMILES string of the molecule is COc1nc(-n2nccn2)ns1. The second-order valence-corrected chi connectivity index (χ2v) is 2.60. The molecule has 0 spiro atoms. The number of hydrogen-bond donors (Lipinski definition) is 0. The molecule has 0 amide bonds. The average Bonchev–Trinajstić information content (AvgIpc) is 2.75. The first-order chi connectivity index (χ1) is 5.90. The number of aromatic nitrogens is 5. The van der Waals surface area contributed by atoms with E-state index in [0.717, 1.165) is 11.5 Å². The van der Waals surface area contributed by atoms with Crippen LogP contribution in [0.1, 0.15) is 0 Å². The van der Waals surface area contributed by atoms with Gasteiger partial charge in [0.25, 0.3) is 11.1 Å². The molecule has 0 saturated heterocycles. The van der Waals surface area contributed by atoms with Crippen molar-refractivity contribution in [1.82, 2.24) is 24.4 Å². The first-order valence-corrected chi connectivity index (χ1v) is 3.92. The zero-order valence-corrected chi connectivity index (χ0v) is 7.02. The molecule has 7 heteroatoms. The van der Waals surface area contributed by atoms with Gasteiger partial charge in [-0.05, 0) is 0 Å². The summed E-state index contributed by atoms with van der Waals surface area (Å²) >= 11 is 1.16. The lowest BCUT2D eigenvalue weighted by Gasteiger charge is -1.88. The van der Waals surface area contributed by atoms with Gasteiger partial charge in [-0.15, -0.1) is 9.17 Å². The average molecular weight is 183 g/mol. The van der Waals surface area contributed by atoms with Gasteiger partial charge in [-0.3, -0.25) is 0 Å². The summed E-state index contributed by atoms with van der Waals surface area (Å²) in [6.45, 7) is 0. The first kappa shape index (κ1) is 7.17. The molecule has 0 bridgehead atoms. The van der Waals surface area contributed by atoms with E-state index in [2.05, 4.69) is 19.6 Å². The number of nitrogens with zero attached hydrogens (tertiary/aromatic N) is 5. The van der Waals surface area contributed by atoms with Crippen LogP contribution in [0.4, 0.5) is 0 Å². The molecular formula is C5H5N5OS. The van der Waals surface area contributed by atoms with Crippen LogP contribution in [0, 0.1) is 0 Å². The molecular weight excluding hydrogens is 178 g/mol. The molecule has 2 rings (SSSR count). The molecule has 0 aliphatic heterocycles. The normalized spacial score (nSPS) is 10.1. The molecule has 2 heterocycles. The predicted octanol–water partition coefficient (Wildman–Crippen LogP) is 0.127. The van der Waals surface area contributed by atoms with Gasteiger partial charge in [-0.1, -0.05) is 0 Å². The van der Waals surface area contributed by atoms with Crippen LogP contribution in [-0.4, -0.2) is 31.5 Å². The highest BCUT2D eigenvalue weighted by Gasteiger charge is 2.05. The van der Waals surface area contributed by atoms with Gasteiger partial charge in [-0.25, -0.2) is 0 Å². The van der Waals surface area contributed by atoms with Gasteiger partial charge in [0.2, 0.25) is 0 Å². The molecule has 2 aromatic heterocycles. The highest BCUT2D eigenvalue weighted by Crippen LogP contribution is 2.13. The minimum absolute atomic E-state index is 0.432. The van der Waals surface area contributed by atoms with E-state index in [4.69, 9.17) is 4.74 Å². The predicted molar refractivity (Wildman–Crippen MR) is 41.4 cm³/mol. The molecule has 12 heavy (non-hydrogen) atoms. The Balaban J connectivity index is 2.35. The monoisotopic (exact) mass is 183 g/mol. The Bertz CT molecular complexity index is 356. The summed E-state index contributed by atoms with van der Waals surface area (Å²) in [7, 11) is 1.54. The second-order valence-electron chi connectivity index (χ2n) is 1.88. The van der Waals surface area contributed by atoms with E-state index in [1.54, 1.807) is 19.5 Å². The third kappa shape index (κ3) is 1.14. The Morgan fingerprint density at radius 3 is 2.75 bits per heavy atom. The smallest absolute Gasteiger partial charge is 0.294 e. The molecule has 0 N–H and O–H groups in total. The van der Waals surface area contributed by atoms with Crippen LogP contribution in [0.5, 0.6) is 5.19 Å². The van der Waals surface area contributed by atoms with E-state index in [1.807, 2.05) is 0 Å². The molecule has 0 unspecified atom stereocenters. The summed E-state index contributed by atoms with van der Waals surface area (Å²) in [4.78, 5) is 5.33. The lowest BCUT2D eigenvalue weighted by atomic mass is 11.0. The van der Waals surface area contributed by atoms with Crippen LogP contribution in [0.3, 0.4) is 0 Å². The zero-order valence-electron chi connectivity index (χ0n) is 6.21. The van der Waals surface area contributed by atoms with Crippen molar-refractivity contribution >= 4 is 11.5 Å². The van der Waals surface area contributed by atoms with Crippen LogP contribution in [0.2, 0.25) is 0 Å². The molecule has 0 fully saturated rings. The minimum atomic E-state index is 0.432. The Labute approximate surface area is 72.0 Å². The standard InChI is InChI=1S/C5H5N5OS/c1-11-5-8-4(9-12-5)10-6-2-3-7-10/h2-3H,1H3. The molecule has 2 aromatic rings. The van der Waals surface area contributed by atoms with Gasteiger partial charge in [0.05, 0.1) is 19.5 Å². The molecule has 6 nitrogen and oxygen atoms in total. The summed E-state index contributed by atoms with van der Waals surface area (Å²) in [6, 6.07) is 0. The quantitative estimate of drug-likeness (QED) is 0.662. The minimum Gasteiger partial charge on any atom is -0.472 e. The van der Waals surface area contributed by atoms with Crippen LogP contribution >= 0.6 is 11.5 Å². The van der Waals surface area contributed by atoms with Crippen LogP contribution in [-0.2, 0) is 0 Å². The summed E-state index contributed by atoms with van der Waals surface area (Å²) in [5.41, 5.74) is 0. The second kappa shape index (κ2) is 2.86. The Kier molecular flexibility index (Phi) is 1.71. The molecule has 0 aromatic carbocycles. The maximum absolute atomic E-state index is 4.87. The molecule has 0 radical (unpaired) electrons. The Morgan fingerprint density at radius 1 is 1.42 bits per heavy atom. The number of ether oxygens (including phenoxy) is 1. The van der Waals surface area contributed by atoms with Crippen LogP contribution in [0.25, 0.3) is 5.95 Å². The van der Waals surface area contributed by atoms with Crippen molar-refractivity contribution in [2.24, 2.45) is 0 Å². The third-order valence-corrected chi connectivity index (χ3v) is 1.84. The van der Waals surface area contributed by atoms with Crippen molar-refractivity contribution in [1.29, 1.82) is 0 Å². The van der Waals surface area contributed by atoms with Crippen LogP contribution in [0.15, 0.2) is 12.4 Å². The van der Waals surface area contributed by atoms with E-state index >= 15 is 0 Å². The van der Waals surface area contributed by atoms with Gasteiger partial charge in [0.15, 0.2) is 0 Å². The van der Waals surface area contributed by atoms with E-state index in [0.29, 0.717) is 11.1 Å². The maximum atomic E-state index is 4.87. The number of hydrogen-bond acceptors (Lipinski definition) is 6. The van der Waals surface area contributed by atoms with E-state index in [9.17, 15) is 0 Å². The summed E-state index contributed by atoms with van der Waals surface area (Å²) < 4.78 is 8.84. The van der Waals surface area contributed by atoms with Gasteiger partial charge >= 0.3 is 0 Å². The van der Waals surface area contributed by atoms with Crippen molar-refractivity contribution in [2.75, 3.05) is 7.11 Å². The molecule has 0 saturated carbocycles. The molecule has 0 aliphatic carbocycles. The van der Waals surface area contributed by atoms with E-state index < -0.39 is 0 Å². The van der Waals surface area contributed by atoms with Gasteiger partial charge in [0.1, 0.15) is 0 Å². The van der Waals surface area contributed by atoms with Crippen LogP contribution < -0.4 is 4.74 Å². The first-order valence-electron chi connectivity index (χ1n) is 3.14. The topological polar surface area (TPSA) is 65.7 Å². The van der Waals surface area contributed by atoms with Crippen molar-refractivity contribution in [3.63, 3.8) is 0 Å². The number of methoxy groups -OCH3 is 1. The van der Waals surface area contributed by atoms with Gasteiger partial charge < -0.3 is 4.74 Å². The Morgan fingerprint density at radius 2 is 2.17 bits per heavy atom. The van der Waals surface area contributed by atoms with E-state index in [1.165, 1.54) is 4.80 Å². The highest BCUT2D eigenvalue weighted by atomic mass is 32.1. The van der Waals surface area contributed by atoms with Gasteiger partial charge in [-0.2, -0.15) is 15.2 Å². The molecule has 0 atom stereocenters. The fourth-order valence-electron chi connectivity index (χ4n) is 0.686. The Hall–Kier alpha value is -1.50. The highest BCUT2D eigenvalue weighted by molar-refractivity contribution is 7.07. The lowest BCUT2D eigenvalue weighted by molar-refractivity contribution is 0.410. The van der Waals surface area contributed by atoms with Crippen molar-refractivity contribution < 1.29 is 4.74 Å². The fraction of sp³-hybridized carbons (Fsp3) is 0.200. The van der Waals surface area contributed by atoms with Crippen molar-refractivity contribution in [3.8, 4) is 11.1 Å². The molecule has 62 valence electrons. The maximum Gasteiger partial charge on any atom is 0.294 e. The van der Waals surface area contributed by atoms with Gasteiger partial charge in [0, 0.05) is 11.5 Å². The largest absolute Gasteiger partial charge is 0.472 e. The lowest BCUT2D eigenvalue weighted by Crippen LogP contribution is -2.00.